The Morgan fingerprint density at radius 1 is 1.19 bits per heavy atom. The highest BCUT2D eigenvalue weighted by atomic mass is 16.3. The van der Waals surface area contributed by atoms with Crippen LogP contribution in [-0.4, -0.2) is 23.8 Å². The molecule has 1 unspecified atom stereocenters. The summed E-state index contributed by atoms with van der Waals surface area (Å²) >= 11 is 0. The molecule has 0 aromatic carbocycles. The molecule has 0 radical (unpaired) electrons. The molecule has 2 fully saturated rings. The number of hydrogen-bond donors (Lipinski definition) is 2. The molecule has 0 amide bonds. The highest BCUT2D eigenvalue weighted by Crippen LogP contribution is 2.38. The van der Waals surface area contributed by atoms with E-state index in [1.165, 1.54) is 38.5 Å². The van der Waals surface area contributed by atoms with Gasteiger partial charge in [-0.1, -0.05) is 13.8 Å². The van der Waals surface area contributed by atoms with E-state index in [4.69, 9.17) is 5.11 Å². The maximum atomic E-state index is 9.09. The minimum atomic E-state index is 0.340. The van der Waals surface area contributed by atoms with Gasteiger partial charge in [0, 0.05) is 18.7 Å². The van der Waals surface area contributed by atoms with E-state index in [-0.39, 0.29) is 0 Å². The molecule has 2 saturated carbocycles. The Labute approximate surface area is 99.8 Å². The molecule has 0 aliphatic heterocycles. The largest absolute Gasteiger partial charge is 0.396 e. The van der Waals surface area contributed by atoms with E-state index in [0.717, 1.165) is 12.3 Å². The van der Waals surface area contributed by atoms with Gasteiger partial charge in [0.2, 0.25) is 0 Å². The van der Waals surface area contributed by atoms with Crippen molar-refractivity contribution in [1.29, 1.82) is 0 Å². The third-order valence-corrected chi connectivity index (χ3v) is 4.42. The minimum absolute atomic E-state index is 0.340. The van der Waals surface area contributed by atoms with Gasteiger partial charge in [0.15, 0.2) is 0 Å². The van der Waals surface area contributed by atoms with Crippen LogP contribution >= 0.6 is 0 Å². The molecule has 2 aliphatic carbocycles. The third-order valence-electron chi connectivity index (χ3n) is 4.42. The van der Waals surface area contributed by atoms with Crippen molar-refractivity contribution in [3.05, 3.63) is 0 Å². The Bertz CT molecular complexity index is 213. The molecular weight excluding hydrogens is 198 g/mol. The summed E-state index contributed by atoms with van der Waals surface area (Å²) in [5.74, 6) is 0.863. The molecule has 0 heterocycles. The standard InChI is InChI=1S/C14H27NO/c1-14(2)8-5-12(6-9-14)15-13(7-10-16)11-3-4-11/h11-13,15-16H,3-10H2,1-2H3. The van der Waals surface area contributed by atoms with Crippen LogP contribution in [0.15, 0.2) is 0 Å². The molecule has 0 aromatic rings. The van der Waals surface area contributed by atoms with Gasteiger partial charge in [0.25, 0.3) is 0 Å². The fourth-order valence-corrected chi connectivity index (χ4v) is 2.96. The predicted molar refractivity (Wildman–Crippen MR) is 67.4 cm³/mol. The Morgan fingerprint density at radius 3 is 2.31 bits per heavy atom. The summed E-state index contributed by atoms with van der Waals surface area (Å²) in [6.07, 6.45) is 9.03. The fourth-order valence-electron chi connectivity index (χ4n) is 2.96. The lowest BCUT2D eigenvalue weighted by atomic mass is 9.75. The van der Waals surface area contributed by atoms with Gasteiger partial charge < -0.3 is 10.4 Å². The molecule has 0 aromatic heterocycles. The van der Waals surface area contributed by atoms with Crippen molar-refractivity contribution in [2.24, 2.45) is 11.3 Å². The van der Waals surface area contributed by atoms with Crippen molar-refractivity contribution in [3.63, 3.8) is 0 Å². The SMILES string of the molecule is CC1(C)CCC(NC(CCO)C2CC2)CC1. The first-order chi connectivity index (χ1) is 7.61. The molecule has 94 valence electrons. The van der Waals surface area contributed by atoms with Crippen LogP contribution in [0.2, 0.25) is 0 Å². The molecule has 0 bridgehead atoms. The number of rotatable bonds is 5. The van der Waals surface area contributed by atoms with E-state index < -0.39 is 0 Å². The monoisotopic (exact) mass is 225 g/mol. The van der Waals surface area contributed by atoms with Gasteiger partial charge in [0.1, 0.15) is 0 Å². The first-order valence-corrected chi connectivity index (χ1v) is 6.98. The molecule has 2 nitrogen and oxygen atoms in total. The first kappa shape index (κ1) is 12.4. The second-order valence-electron chi connectivity index (χ2n) is 6.56. The van der Waals surface area contributed by atoms with Gasteiger partial charge in [-0.25, -0.2) is 0 Å². The van der Waals surface area contributed by atoms with Crippen LogP contribution < -0.4 is 5.32 Å². The summed E-state index contributed by atoms with van der Waals surface area (Å²) in [5, 5.41) is 12.9. The van der Waals surface area contributed by atoms with Gasteiger partial charge in [-0.3, -0.25) is 0 Å². The maximum absolute atomic E-state index is 9.09. The Kier molecular flexibility index (Phi) is 3.91. The van der Waals surface area contributed by atoms with E-state index >= 15 is 0 Å². The van der Waals surface area contributed by atoms with Gasteiger partial charge >= 0.3 is 0 Å². The third kappa shape index (κ3) is 3.46. The van der Waals surface area contributed by atoms with Crippen molar-refractivity contribution in [2.75, 3.05) is 6.61 Å². The fraction of sp³-hybridized carbons (Fsp3) is 1.00. The van der Waals surface area contributed by atoms with E-state index in [1.54, 1.807) is 0 Å². The van der Waals surface area contributed by atoms with Crippen LogP contribution in [0.5, 0.6) is 0 Å². The molecule has 2 rings (SSSR count). The Morgan fingerprint density at radius 2 is 1.81 bits per heavy atom. The summed E-state index contributed by atoms with van der Waals surface area (Å²) < 4.78 is 0. The van der Waals surface area contributed by atoms with Gasteiger partial charge in [-0.05, 0) is 56.3 Å². The smallest absolute Gasteiger partial charge is 0.0445 e. The quantitative estimate of drug-likeness (QED) is 0.754. The van der Waals surface area contributed by atoms with E-state index in [1.807, 2.05) is 0 Å². The van der Waals surface area contributed by atoms with Gasteiger partial charge in [0.05, 0.1) is 0 Å². The summed E-state index contributed by atoms with van der Waals surface area (Å²) in [7, 11) is 0. The first-order valence-electron chi connectivity index (χ1n) is 6.98. The Hall–Kier alpha value is -0.0800. The van der Waals surface area contributed by atoms with Crippen molar-refractivity contribution in [1.82, 2.24) is 5.32 Å². The lowest BCUT2D eigenvalue weighted by molar-refractivity contribution is 0.183. The van der Waals surface area contributed by atoms with Gasteiger partial charge in [-0.15, -0.1) is 0 Å². The second kappa shape index (κ2) is 5.05. The van der Waals surface area contributed by atoms with Crippen molar-refractivity contribution in [2.45, 2.75) is 70.9 Å². The van der Waals surface area contributed by atoms with Crippen molar-refractivity contribution < 1.29 is 5.11 Å². The van der Waals surface area contributed by atoms with E-state index in [0.29, 0.717) is 24.1 Å². The zero-order chi connectivity index (χ0) is 11.6. The van der Waals surface area contributed by atoms with E-state index in [2.05, 4.69) is 19.2 Å². The average Bonchev–Trinajstić information content (AvgIpc) is 3.04. The Balaban J connectivity index is 1.76. The highest BCUT2D eigenvalue weighted by molar-refractivity contribution is 4.90. The van der Waals surface area contributed by atoms with Crippen LogP contribution in [0.4, 0.5) is 0 Å². The molecule has 1 atom stereocenters. The summed E-state index contributed by atoms with van der Waals surface area (Å²) in [5.41, 5.74) is 0.560. The molecule has 2 N–H and O–H groups in total. The molecule has 0 spiro atoms. The molecule has 16 heavy (non-hydrogen) atoms. The topological polar surface area (TPSA) is 32.3 Å². The number of aliphatic hydroxyl groups excluding tert-OH is 1. The number of nitrogens with one attached hydrogen (secondary N) is 1. The molecule has 2 aliphatic rings. The molecule has 0 saturated heterocycles. The van der Waals surface area contributed by atoms with Crippen LogP contribution in [0.1, 0.15) is 58.8 Å². The lowest BCUT2D eigenvalue weighted by Crippen LogP contribution is -2.43. The van der Waals surface area contributed by atoms with E-state index in [9.17, 15) is 0 Å². The summed E-state index contributed by atoms with van der Waals surface area (Å²) in [6.45, 7) is 5.11. The van der Waals surface area contributed by atoms with Crippen LogP contribution in [-0.2, 0) is 0 Å². The molecular formula is C14H27NO. The van der Waals surface area contributed by atoms with Crippen molar-refractivity contribution in [3.8, 4) is 0 Å². The zero-order valence-electron chi connectivity index (χ0n) is 10.8. The lowest BCUT2D eigenvalue weighted by Gasteiger charge is -2.36. The normalized spacial score (nSPS) is 27.9. The predicted octanol–water partition coefficient (Wildman–Crippen LogP) is 2.71. The zero-order valence-corrected chi connectivity index (χ0v) is 10.8. The molecule has 2 heteroatoms. The van der Waals surface area contributed by atoms with Crippen LogP contribution in [0.3, 0.4) is 0 Å². The maximum Gasteiger partial charge on any atom is 0.0445 e. The average molecular weight is 225 g/mol. The summed E-state index contributed by atoms with van der Waals surface area (Å²) in [4.78, 5) is 0. The van der Waals surface area contributed by atoms with Crippen LogP contribution in [0.25, 0.3) is 0 Å². The van der Waals surface area contributed by atoms with Crippen LogP contribution in [0, 0.1) is 11.3 Å². The number of aliphatic hydroxyl groups is 1. The van der Waals surface area contributed by atoms with Crippen molar-refractivity contribution >= 4 is 0 Å². The number of hydrogen-bond acceptors (Lipinski definition) is 2. The highest BCUT2D eigenvalue weighted by Gasteiger charge is 2.34. The second-order valence-corrected chi connectivity index (χ2v) is 6.56. The minimum Gasteiger partial charge on any atom is -0.396 e. The van der Waals surface area contributed by atoms with Gasteiger partial charge in [-0.2, -0.15) is 0 Å². The summed E-state index contributed by atoms with van der Waals surface area (Å²) in [6, 6.07) is 1.31.